The van der Waals surface area contributed by atoms with Gasteiger partial charge in [-0.05, 0) is 24.0 Å². The maximum Gasteiger partial charge on any atom is 0.353 e. The Labute approximate surface area is 188 Å². The summed E-state index contributed by atoms with van der Waals surface area (Å²) in [5.74, 6) is 0.659. The van der Waals surface area contributed by atoms with Crippen molar-refractivity contribution in [1.29, 1.82) is 0 Å². The molecule has 4 rings (SSSR count). The molecule has 0 unspecified atom stereocenters. The molecule has 0 saturated heterocycles. The van der Waals surface area contributed by atoms with Gasteiger partial charge in [0.25, 0.3) is 0 Å². The van der Waals surface area contributed by atoms with Gasteiger partial charge >= 0.3 is 5.69 Å². The van der Waals surface area contributed by atoms with Crippen LogP contribution in [0.25, 0.3) is 0 Å². The van der Waals surface area contributed by atoms with E-state index in [1.54, 1.807) is 0 Å². The van der Waals surface area contributed by atoms with E-state index < -0.39 is 0 Å². The lowest BCUT2D eigenvalue weighted by atomic mass is 10.1. The van der Waals surface area contributed by atoms with Crippen LogP contribution in [0.2, 0.25) is 0 Å². The van der Waals surface area contributed by atoms with E-state index in [-0.39, 0.29) is 16.7 Å². The molecule has 166 valence electrons. The lowest BCUT2D eigenvalue weighted by molar-refractivity contribution is -0.383. The van der Waals surface area contributed by atoms with E-state index in [0.717, 1.165) is 36.8 Å². The summed E-state index contributed by atoms with van der Waals surface area (Å²) in [4.78, 5) is 22.5. The molecule has 1 aromatic heterocycles. The molecular weight excluding hydrogens is 402 g/mol. The molecule has 7 heteroatoms. The Bertz CT molecular complexity index is 964. The standard InChI is InChI=1S/C25H29N5O2/c31-30(32)23-24(28-22-15-9-1-2-10-16-22)26-19-27-25(23)29(17-20-11-5-3-6-12-20)18-21-13-7-4-8-14-21/h3-8,11-14,19,22H,1-2,9-10,15-18H2,(H,26,27,28). The Morgan fingerprint density at radius 1 is 0.875 bits per heavy atom. The van der Waals surface area contributed by atoms with Crippen LogP contribution in [0.5, 0.6) is 0 Å². The van der Waals surface area contributed by atoms with Gasteiger partial charge in [-0.25, -0.2) is 9.97 Å². The minimum Gasteiger partial charge on any atom is -0.361 e. The van der Waals surface area contributed by atoms with Crippen LogP contribution in [0.3, 0.4) is 0 Å². The number of benzene rings is 2. The third-order valence-corrected chi connectivity index (χ3v) is 5.91. The van der Waals surface area contributed by atoms with Crippen molar-refractivity contribution in [3.63, 3.8) is 0 Å². The Hall–Kier alpha value is -3.48. The molecule has 0 bridgehead atoms. The third-order valence-electron chi connectivity index (χ3n) is 5.91. The van der Waals surface area contributed by atoms with Crippen molar-refractivity contribution < 1.29 is 4.92 Å². The van der Waals surface area contributed by atoms with Gasteiger partial charge in [-0.3, -0.25) is 10.1 Å². The summed E-state index contributed by atoms with van der Waals surface area (Å²) in [7, 11) is 0. The van der Waals surface area contributed by atoms with Gasteiger partial charge < -0.3 is 10.2 Å². The minimum absolute atomic E-state index is 0.0522. The highest BCUT2D eigenvalue weighted by atomic mass is 16.6. The van der Waals surface area contributed by atoms with Crippen molar-refractivity contribution in [2.24, 2.45) is 0 Å². The Balaban J connectivity index is 1.69. The van der Waals surface area contributed by atoms with Crippen LogP contribution in [0.15, 0.2) is 67.0 Å². The zero-order valence-electron chi connectivity index (χ0n) is 18.2. The maximum atomic E-state index is 12.2. The Morgan fingerprint density at radius 3 is 1.97 bits per heavy atom. The predicted molar refractivity (Wildman–Crippen MR) is 127 cm³/mol. The van der Waals surface area contributed by atoms with Gasteiger partial charge in [-0.1, -0.05) is 86.3 Å². The number of nitrogens with one attached hydrogen (secondary N) is 1. The number of nitro groups is 1. The third kappa shape index (κ3) is 5.60. The first-order chi connectivity index (χ1) is 15.7. The molecule has 7 nitrogen and oxygen atoms in total. The quantitative estimate of drug-likeness (QED) is 0.279. The van der Waals surface area contributed by atoms with Crippen LogP contribution in [0, 0.1) is 10.1 Å². The molecule has 0 aliphatic heterocycles. The lowest BCUT2D eigenvalue weighted by Crippen LogP contribution is -2.26. The predicted octanol–water partition coefficient (Wildman–Crippen LogP) is 5.73. The van der Waals surface area contributed by atoms with Crippen molar-refractivity contribution in [2.45, 2.75) is 57.7 Å². The summed E-state index contributed by atoms with van der Waals surface area (Å²) in [6, 6.07) is 20.1. The van der Waals surface area contributed by atoms with Gasteiger partial charge in [0.15, 0.2) is 0 Å². The van der Waals surface area contributed by atoms with Crippen molar-refractivity contribution in [2.75, 3.05) is 10.2 Å². The molecule has 0 radical (unpaired) electrons. The molecule has 1 saturated carbocycles. The van der Waals surface area contributed by atoms with Crippen molar-refractivity contribution in [1.82, 2.24) is 9.97 Å². The molecule has 1 N–H and O–H groups in total. The number of anilines is 2. The van der Waals surface area contributed by atoms with E-state index in [1.807, 2.05) is 65.6 Å². The van der Waals surface area contributed by atoms with Crippen LogP contribution >= 0.6 is 0 Å². The number of rotatable bonds is 8. The first-order valence-corrected chi connectivity index (χ1v) is 11.3. The van der Waals surface area contributed by atoms with Gasteiger partial charge in [0.05, 0.1) is 4.92 Å². The smallest absolute Gasteiger partial charge is 0.353 e. The summed E-state index contributed by atoms with van der Waals surface area (Å²) in [5.41, 5.74) is 2.08. The Kier molecular flexibility index (Phi) is 7.27. The molecule has 1 fully saturated rings. The van der Waals surface area contributed by atoms with Crippen LogP contribution in [-0.2, 0) is 13.1 Å². The molecule has 1 heterocycles. The maximum absolute atomic E-state index is 12.2. The van der Waals surface area contributed by atoms with Crippen LogP contribution in [0.4, 0.5) is 17.3 Å². The molecule has 3 aromatic rings. The lowest BCUT2D eigenvalue weighted by Gasteiger charge is -2.25. The zero-order valence-corrected chi connectivity index (χ0v) is 18.2. The SMILES string of the molecule is O=[N+]([O-])c1c(NC2CCCCCC2)ncnc1N(Cc1ccccc1)Cc1ccccc1. The molecule has 0 spiro atoms. The topological polar surface area (TPSA) is 84.2 Å². The summed E-state index contributed by atoms with van der Waals surface area (Å²) in [6.45, 7) is 1.02. The molecule has 1 aliphatic carbocycles. The number of hydrogen-bond donors (Lipinski definition) is 1. The molecule has 1 aliphatic rings. The van der Waals surface area contributed by atoms with Gasteiger partial charge in [0.1, 0.15) is 6.33 Å². The van der Waals surface area contributed by atoms with Gasteiger partial charge in [0, 0.05) is 19.1 Å². The first-order valence-electron chi connectivity index (χ1n) is 11.3. The second-order valence-electron chi connectivity index (χ2n) is 8.31. The van der Waals surface area contributed by atoms with E-state index in [0.29, 0.717) is 24.7 Å². The van der Waals surface area contributed by atoms with E-state index in [9.17, 15) is 10.1 Å². The molecular formula is C25H29N5O2. The minimum atomic E-state index is -0.350. The van der Waals surface area contributed by atoms with Gasteiger partial charge in [-0.15, -0.1) is 0 Å². The average Bonchev–Trinajstić information content (AvgIpc) is 3.08. The largest absolute Gasteiger partial charge is 0.361 e. The number of nitrogens with zero attached hydrogens (tertiary/aromatic N) is 4. The van der Waals surface area contributed by atoms with E-state index in [4.69, 9.17) is 0 Å². The summed E-state index contributed by atoms with van der Waals surface area (Å²) < 4.78 is 0. The van der Waals surface area contributed by atoms with Gasteiger partial charge in [-0.2, -0.15) is 0 Å². The summed E-state index contributed by atoms with van der Waals surface area (Å²) >= 11 is 0. The van der Waals surface area contributed by atoms with Crippen molar-refractivity contribution in [3.05, 3.63) is 88.2 Å². The monoisotopic (exact) mass is 431 g/mol. The summed E-state index contributed by atoms with van der Waals surface area (Å²) in [6.07, 6.45) is 8.16. The van der Waals surface area contributed by atoms with E-state index in [1.165, 1.54) is 19.2 Å². The fourth-order valence-corrected chi connectivity index (χ4v) is 4.30. The highest BCUT2D eigenvalue weighted by Gasteiger charge is 2.29. The first kappa shape index (κ1) is 21.7. The average molecular weight is 432 g/mol. The number of aromatic nitrogens is 2. The fourth-order valence-electron chi connectivity index (χ4n) is 4.30. The highest BCUT2D eigenvalue weighted by molar-refractivity contribution is 5.70. The molecule has 0 amide bonds. The van der Waals surface area contributed by atoms with Crippen LogP contribution in [-0.4, -0.2) is 20.9 Å². The fraction of sp³-hybridized carbons (Fsp3) is 0.360. The second-order valence-corrected chi connectivity index (χ2v) is 8.31. The molecule has 32 heavy (non-hydrogen) atoms. The second kappa shape index (κ2) is 10.7. The van der Waals surface area contributed by atoms with E-state index >= 15 is 0 Å². The van der Waals surface area contributed by atoms with Crippen LogP contribution < -0.4 is 10.2 Å². The molecule has 0 atom stereocenters. The number of hydrogen-bond acceptors (Lipinski definition) is 6. The van der Waals surface area contributed by atoms with Crippen molar-refractivity contribution >= 4 is 17.3 Å². The highest BCUT2D eigenvalue weighted by Crippen LogP contribution is 2.35. The van der Waals surface area contributed by atoms with E-state index in [2.05, 4.69) is 15.3 Å². The van der Waals surface area contributed by atoms with Crippen LogP contribution in [0.1, 0.15) is 49.7 Å². The van der Waals surface area contributed by atoms with Gasteiger partial charge in [0.2, 0.25) is 11.6 Å². The molecule has 2 aromatic carbocycles. The zero-order chi connectivity index (χ0) is 22.2. The summed E-state index contributed by atoms with van der Waals surface area (Å²) in [5, 5.41) is 15.6. The van der Waals surface area contributed by atoms with Crippen molar-refractivity contribution in [3.8, 4) is 0 Å². The Morgan fingerprint density at radius 2 is 1.44 bits per heavy atom. The normalized spacial score (nSPS) is 14.5.